The van der Waals surface area contributed by atoms with Gasteiger partial charge >= 0.3 is 0 Å². The van der Waals surface area contributed by atoms with E-state index in [1.165, 1.54) is 0 Å². The fourth-order valence-corrected chi connectivity index (χ4v) is 3.84. The predicted octanol–water partition coefficient (Wildman–Crippen LogP) is 3.76. The Morgan fingerprint density at radius 1 is 1.42 bits per heavy atom. The van der Waals surface area contributed by atoms with Crippen molar-refractivity contribution < 1.29 is 13.7 Å². The molecule has 1 fully saturated rings. The number of hydrogen-bond donors (Lipinski definition) is 0. The van der Waals surface area contributed by atoms with Gasteiger partial charge in [-0.25, -0.2) is 0 Å². The lowest BCUT2D eigenvalue weighted by Gasteiger charge is -2.30. The maximum atomic E-state index is 12.7. The summed E-state index contributed by atoms with van der Waals surface area (Å²) in [5, 5.41) is 16.2. The first-order chi connectivity index (χ1) is 12.7. The van der Waals surface area contributed by atoms with Gasteiger partial charge in [-0.05, 0) is 30.7 Å². The Morgan fingerprint density at radius 2 is 2.35 bits per heavy atom. The van der Waals surface area contributed by atoms with E-state index in [-0.39, 0.29) is 11.8 Å². The zero-order valence-corrected chi connectivity index (χ0v) is 15.4. The molecule has 3 aromatic heterocycles. The lowest BCUT2D eigenvalue weighted by molar-refractivity contribution is 0.0688. The summed E-state index contributed by atoms with van der Waals surface area (Å²) in [7, 11) is 0. The summed E-state index contributed by atoms with van der Waals surface area (Å²) < 4.78 is 11.1. The van der Waals surface area contributed by atoms with Crippen LogP contribution >= 0.6 is 11.3 Å². The van der Waals surface area contributed by atoms with Gasteiger partial charge in [0.1, 0.15) is 5.76 Å². The van der Waals surface area contributed by atoms with Crippen LogP contribution in [0.25, 0.3) is 11.5 Å². The summed E-state index contributed by atoms with van der Waals surface area (Å²) in [5.41, 5.74) is 1.31. The molecule has 4 rings (SSSR count). The van der Waals surface area contributed by atoms with Gasteiger partial charge in [-0.1, -0.05) is 12.1 Å². The van der Waals surface area contributed by atoms with Gasteiger partial charge in [-0.3, -0.25) is 4.79 Å². The highest BCUT2D eigenvalue weighted by Gasteiger charge is 2.30. The van der Waals surface area contributed by atoms with Crippen LogP contribution in [0.2, 0.25) is 0 Å². The molecule has 1 aliphatic rings. The maximum absolute atomic E-state index is 12.7. The molecule has 8 heteroatoms. The van der Waals surface area contributed by atoms with Crippen LogP contribution in [0.5, 0.6) is 0 Å². The molecule has 0 spiro atoms. The van der Waals surface area contributed by atoms with Gasteiger partial charge in [0, 0.05) is 36.5 Å². The van der Waals surface area contributed by atoms with Crippen LogP contribution in [0.15, 0.2) is 31.8 Å². The monoisotopic (exact) mass is 372 g/mol. The zero-order valence-electron chi connectivity index (χ0n) is 14.6. The Bertz CT molecular complexity index is 871. The van der Waals surface area contributed by atoms with Crippen LogP contribution in [0.1, 0.15) is 54.2 Å². The highest BCUT2D eigenvalue weighted by atomic mass is 32.1. The minimum atomic E-state index is -0.0987. The van der Waals surface area contributed by atoms with E-state index < -0.39 is 0 Å². The number of rotatable bonds is 5. The second-order valence-electron chi connectivity index (χ2n) is 6.48. The first-order valence-electron chi connectivity index (χ1n) is 8.85. The highest BCUT2D eigenvalue weighted by molar-refractivity contribution is 7.08. The molecule has 1 unspecified atom stereocenters. The fourth-order valence-electron chi connectivity index (χ4n) is 3.21. The number of aryl methyl sites for hydroxylation is 1. The van der Waals surface area contributed by atoms with Gasteiger partial charge in [0.2, 0.25) is 11.8 Å². The third-order valence-corrected chi connectivity index (χ3v) is 5.22. The predicted molar refractivity (Wildman–Crippen MR) is 96.0 cm³/mol. The molecule has 0 bridgehead atoms. The summed E-state index contributed by atoms with van der Waals surface area (Å²) >= 11 is 1.59. The van der Waals surface area contributed by atoms with Gasteiger partial charge in [-0.15, -0.1) is 10.2 Å². The van der Waals surface area contributed by atoms with E-state index in [1.807, 2.05) is 16.8 Å². The summed E-state index contributed by atoms with van der Waals surface area (Å²) in [4.78, 5) is 14.5. The van der Waals surface area contributed by atoms with E-state index in [4.69, 9.17) is 8.94 Å². The number of likely N-dealkylation sites (tertiary alicyclic amines) is 1. The summed E-state index contributed by atoms with van der Waals surface area (Å²) in [5.74, 6) is 1.83. The average molecular weight is 372 g/mol. The number of amides is 1. The van der Waals surface area contributed by atoms with Crippen LogP contribution in [0.4, 0.5) is 0 Å². The molecule has 0 aromatic carbocycles. The van der Waals surface area contributed by atoms with Crippen molar-refractivity contribution in [3.63, 3.8) is 0 Å². The van der Waals surface area contributed by atoms with Crippen molar-refractivity contribution in [2.45, 2.75) is 38.5 Å². The number of piperidine rings is 1. The molecule has 0 radical (unpaired) electrons. The van der Waals surface area contributed by atoms with Gasteiger partial charge in [0.15, 0.2) is 5.69 Å². The van der Waals surface area contributed by atoms with Crippen LogP contribution in [-0.4, -0.2) is 39.3 Å². The second kappa shape index (κ2) is 7.41. The van der Waals surface area contributed by atoms with Crippen molar-refractivity contribution in [3.05, 3.63) is 40.2 Å². The maximum Gasteiger partial charge on any atom is 0.276 e. The largest absolute Gasteiger partial charge is 0.420 e. The molecule has 26 heavy (non-hydrogen) atoms. The van der Waals surface area contributed by atoms with Crippen LogP contribution in [-0.2, 0) is 6.42 Å². The molecular weight excluding hydrogens is 352 g/mol. The zero-order chi connectivity index (χ0) is 17.9. The van der Waals surface area contributed by atoms with Crippen LogP contribution in [0.3, 0.4) is 0 Å². The number of hydrogen-bond acceptors (Lipinski definition) is 7. The number of nitrogens with zero attached hydrogens (tertiary/aromatic N) is 4. The lowest BCUT2D eigenvalue weighted by Crippen LogP contribution is -2.39. The van der Waals surface area contributed by atoms with E-state index in [0.717, 1.165) is 37.0 Å². The van der Waals surface area contributed by atoms with Gasteiger partial charge in [-0.2, -0.15) is 11.3 Å². The molecule has 7 nitrogen and oxygen atoms in total. The molecule has 1 aliphatic heterocycles. The molecule has 0 saturated carbocycles. The van der Waals surface area contributed by atoms with Gasteiger partial charge in [0.05, 0.1) is 5.92 Å². The molecule has 4 heterocycles. The first-order valence-corrected chi connectivity index (χ1v) is 9.79. The topological polar surface area (TPSA) is 85.3 Å². The Morgan fingerprint density at radius 3 is 3.15 bits per heavy atom. The molecule has 0 N–H and O–H groups in total. The van der Waals surface area contributed by atoms with E-state index in [2.05, 4.69) is 22.3 Å². The molecular formula is C18H20N4O3S. The van der Waals surface area contributed by atoms with Crippen LogP contribution in [0, 0.1) is 0 Å². The number of carbonyl (C=O) groups is 1. The summed E-state index contributed by atoms with van der Waals surface area (Å²) in [6.07, 6.45) is 3.57. The standard InChI is InChI=1S/C18H20N4O3S/c1-2-4-14-9-15(21-25-14)18(23)22-7-3-5-12(10-22)16-19-20-17(24-16)13-6-8-26-11-13/h6,8-9,11-12H,2-5,7,10H2,1H3. The van der Waals surface area contributed by atoms with E-state index in [9.17, 15) is 4.79 Å². The minimum Gasteiger partial charge on any atom is -0.420 e. The molecule has 0 aliphatic carbocycles. The SMILES string of the molecule is CCCc1cc(C(=O)N2CCCC(c3nnc(-c4ccsc4)o3)C2)no1. The molecule has 136 valence electrons. The van der Waals surface area contributed by atoms with Crippen molar-refractivity contribution in [3.8, 4) is 11.5 Å². The van der Waals surface area contributed by atoms with Gasteiger partial charge in [0.25, 0.3) is 5.91 Å². The summed E-state index contributed by atoms with van der Waals surface area (Å²) in [6, 6.07) is 3.70. The third-order valence-electron chi connectivity index (χ3n) is 4.54. The second-order valence-corrected chi connectivity index (χ2v) is 7.26. The number of aromatic nitrogens is 3. The molecule has 1 atom stereocenters. The van der Waals surface area contributed by atoms with E-state index in [1.54, 1.807) is 22.3 Å². The Kier molecular flexibility index (Phi) is 4.83. The normalized spacial score (nSPS) is 17.6. The van der Waals surface area contributed by atoms with Crippen molar-refractivity contribution in [1.82, 2.24) is 20.3 Å². The smallest absolute Gasteiger partial charge is 0.276 e. The minimum absolute atomic E-state index is 0.0506. The Hall–Kier alpha value is -2.48. The number of carbonyl (C=O) groups excluding carboxylic acids is 1. The molecule has 1 amide bonds. The average Bonchev–Trinajstić information content (AvgIpc) is 3.41. The van der Waals surface area contributed by atoms with Crippen molar-refractivity contribution >= 4 is 17.2 Å². The van der Waals surface area contributed by atoms with E-state index >= 15 is 0 Å². The third kappa shape index (κ3) is 3.41. The Labute approximate surface area is 155 Å². The fraction of sp³-hybridized carbons (Fsp3) is 0.444. The molecule has 3 aromatic rings. The highest BCUT2D eigenvalue weighted by Crippen LogP contribution is 2.29. The lowest BCUT2D eigenvalue weighted by atomic mass is 9.98. The van der Waals surface area contributed by atoms with Crippen molar-refractivity contribution in [2.75, 3.05) is 13.1 Å². The number of thiophene rings is 1. The van der Waals surface area contributed by atoms with Crippen LogP contribution < -0.4 is 0 Å². The first kappa shape index (κ1) is 17.0. The summed E-state index contributed by atoms with van der Waals surface area (Å²) in [6.45, 7) is 3.32. The Balaban J connectivity index is 1.46. The van der Waals surface area contributed by atoms with Crippen molar-refractivity contribution in [2.24, 2.45) is 0 Å². The van der Waals surface area contributed by atoms with E-state index in [0.29, 0.717) is 30.6 Å². The molecule has 1 saturated heterocycles. The van der Waals surface area contributed by atoms with Gasteiger partial charge < -0.3 is 13.8 Å². The quantitative estimate of drug-likeness (QED) is 0.678. The van der Waals surface area contributed by atoms with Crippen molar-refractivity contribution in [1.29, 1.82) is 0 Å².